The minimum absolute atomic E-state index is 0.180. The molecule has 3 aromatic heterocycles. The first-order valence-electron chi connectivity index (χ1n) is 8.89. The summed E-state index contributed by atoms with van der Waals surface area (Å²) in [5.41, 5.74) is 7.03. The second-order valence-electron chi connectivity index (χ2n) is 6.40. The van der Waals surface area contributed by atoms with Crippen molar-refractivity contribution in [3.8, 4) is 0 Å². The van der Waals surface area contributed by atoms with Gasteiger partial charge >= 0.3 is 0 Å². The number of nitrogens with two attached hydrogens (primary N) is 1. The lowest BCUT2D eigenvalue weighted by atomic mass is 10.1. The topological polar surface area (TPSA) is 103 Å². The van der Waals surface area contributed by atoms with Crippen molar-refractivity contribution >= 4 is 51.3 Å². The number of thioether (sulfide) groups is 1. The summed E-state index contributed by atoms with van der Waals surface area (Å²) in [4.78, 5) is 26.7. The highest BCUT2D eigenvalue weighted by Crippen LogP contribution is 2.38. The number of aryl methyl sites for hydroxylation is 3. The molecule has 0 aliphatic heterocycles. The lowest BCUT2D eigenvalue weighted by Gasteiger charge is -2.07. The van der Waals surface area contributed by atoms with Crippen LogP contribution in [0.25, 0.3) is 0 Å². The Morgan fingerprint density at radius 2 is 2.25 bits per heavy atom. The fourth-order valence-electron chi connectivity index (χ4n) is 3.24. The number of rotatable bonds is 8. The third-order valence-electron chi connectivity index (χ3n) is 4.51. The van der Waals surface area contributed by atoms with Crippen molar-refractivity contribution < 1.29 is 9.59 Å². The van der Waals surface area contributed by atoms with E-state index in [2.05, 4.69) is 27.0 Å². The first-order valence-corrected chi connectivity index (χ1v) is 11.6. The SMILES string of the molecule is NC(=O)c1c(NC(=O)CSc2nncn2CCc2cccs2)sc2c1CCC2. The van der Waals surface area contributed by atoms with Crippen molar-refractivity contribution in [3.05, 3.63) is 44.7 Å². The molecular weight excluding hydrogens is 414 g/mol. The van der Waals surface area contributed by atoms with E-state index in [1.165, 1.54) is 28.0 Å². The summed E-state index contributed by atoms with van der Waals surface area (Å²) in [6, 6.07) is 4.14. The van der Waals surface area contributed by atoms with Gasteiger partial charge in [0.2, 0.25) is 5.91 Å². The third-order valence-corrected chi connectivity index (χ3v) is 7.64. The molecule has 7 nitrogen and oxygen atoms in total. The third kappa shape index (κ3) is 4.13. The molecule has 0 saturated heterocycles. The Balaban J connectivity index is 1.36. The van der Waals surface area contributed by atoms with Gasteiger partial charge < -0.3 is 15.6 Å². The number of fused-ring (bicyclic) bond motifs is 1. The summed E-state index contributed by atoms with van der Waals surface area (Å²) in [7, 11) is 0. The Hall–Kier alpha value is -2.17. The van der Waals surface area contributed by atoms with E-state index in [0.29, 0.717) is 15.7 Å². The zero-order valence-electron chi connectivity index (χ0n) is 15.0. The number of nitrogens with zero attached hydrogens (tertiary/aromatic N) is 3. The molecule has 0 fully saturated rings. The van der Waals surface area contributed by atoms with Gasteiger partial charge in [-0.05, 0) is 42.7 Å². The maximum absolute atomic E-state index is 12.4. The second-order valence-corrected chi connectivity index (χ2v) is 9.48. The fraction of sp³-hybridized carbons (Fsp3) is 0.333. The van der Waals surface area contributed by atoms with Crippen LogP contribution in [0.15, 0.2) is 29.0 Å². The predicted octanol–water partition coefficient (Wildman–Crippen LogP) is 2.96. The molecule has 0 unspecified atom stereocenters. The van der Waals surface area contributed by atoms with Crippen LogP contribution in [-0.4, -0.2) is 32.3 Å². The van der Waals surface area contributed by atoms with Crippen LogP contribution in [0.4, 0.5) is 5.00 Å². The highest BCUT2D eigenvalue weighted by molar-refractivity contribution is 7.99. The number of aromatic nitrogens is 3. The van der Waals surface area contributed by atoms with Crippen LogP contribution in [0.5, 0.6) is 0 Å². The number of hydrogen-bond acceptors (Lipinski definition) is 7. The molecule has 0 bridgehead atoms. The Kier molecular flexibility index (Phi) is 5.79. The van der Waals surface area contributed by atoms with E-state index in [9.17, 15) is 9.59 Å². The maximum Gasteiger partial charge on any atom is 0.251 e. The molecule has 0 spiro atoms. The number of amides is 2. The van der Waals surface area contributed by atoms with Crippen LogP contribution < -0.4 is 11.1 Å². The molecule has 1 aliphatic carbocycles. The van der Waals surface area contributed by atoms with Gasteiger partial charge in [0.15, 0.2) is 5.16 Å². The van der Waals surface area contributed by atoms with Crippen LogP contribution in [0.2, 0.25) is 0 Å². The highest BCUT2D eigenvalue weighted by atomic mass is 32.2. The summed E-state index contributed by atoms with van der Waals surface area (Å²) in [6.07, 6.45) is 5.41. The molecule has 4 rings (SSSR count). The molecule has 3 heterocycles. The Morgan fingerprint density at radius 1 is 1.36 bits per heavy atom. The van der Waals surface area contributed by atoms with Crippen molar-refractivity contribution in [3.63, 3.8) is 0 Å². The Bertz CT molecular complexity index is 993. The van der Waals surface area contributed by atoms with Crippen LogP contribution in [0, 0.1) is 0 Å². The summed E-state index contributed by atoms with van der Waals surface area (Å²) >= 11 is 4.52. The monoisotopic (exact) mass is 433 g/mol. The van der Waals surface area contributed by atoms with Crippen molar-refractivity contribution in [2.45, 2.75) is 37.4 Å². The van der Waals surface area contributed by atoms with E-state index in [-0.39, 0.29) is 11.7 Å². The average molecular weight is 434 g/mol. The molecule has 10 heteroatoms. The number of anilines is 1. The Morgan fingerprint density at radius 3 is 3.04 bits per heavy atom. The van der Waals surface area contributed by atoms with E-state index in [0.717, 1.165) is 42.7 Å². The van der Waals surface area contributed by atoms with Crippen molar-refractivity contribution in [1.29, 1.82) is 0 Å². The number of nitrogens with one attached hydrogen (secondary N) is 1. The summed E-state index contributed by atoms with van der Waals surface area (Å²) < 4.78 is 1.95. The predicted molar refractivity (Wildman–Crippen MR) is 112 cm³/mol. The van der Waals surface area contributed by atoms with Gasteiger partial charge in [0.1, 0.15) is 11.3 Å². The first-order chi connectivity index (χ1) is 13.6. The standard InChI is InChI=1S/C18H19N5O2S3/c19-16(25)15-12-4-1-5-13(12)28-17(15)21-14(24)9-27-18-22-20-10-23(18)7-6-11-3-2-8-26-11/h2-3,8,10H,1,4-7,9H2,(H2,19,25)(H,21,24). The molecule has 1 aliphatic rings. The normalized spacial score (nSPS) is 12.9. The molecule has 0 saturated carbocycles. The van der Waals surface area contributed by atoms with Crippen molar-refractivity contribution in [1.82, 2.24) is 14.8 Å². The minimum Gasteiger partial charge on any atom is -0.365 e. The van der Waals surface area contributed by atoms with E-state index >= 15 is 0 Å². The van der Waals surface area contributed by atoms with Crippen molar-refractivity contribution in [2.75, 3.05) is 11.1 Å². The van der Waals surface area contributed by atoms with Crippen LogP contribution in [-0.2, 0) is 30.6 Å². The quantitative estimate of drug-likeness (QED) is 0.532. The van der Waals surface area contributed by atoms with E-state index < -0.39 is 5.91 Å². The van der Waals surface area contributed by atoms with Crippen LogP contribution in [0.1, 0.15) is 32.1 Å². The first kappa shape index (κ1) is 19.2. The highest BCUT2D eigenvalue weighted by Gasteiger charge is 2.26. The number of primary amides is 1. The van der Waals surface area contributed by atoms with Gasteiger partial charge in [-0.1, -0.05) is 17.8 Å². The van der Waals surface area contributed by atoms with Gasteiger partial charge in [-0.2, -0.15) is 0 Å². The number of thiophene rings is 2. The number of carbonyl (C=O) groups excluding carboxylic acids is 2. The van der Waals surface area contributed by atoms with Gasteiger partial charge in [0.25, 0.3) is 5.91 Å². The molecule has 2 amide bonds. The molecule has 3 N–H and O–H groups in total. The molecule has 28 heavy (non-hydrogen) atoms. The van der Waals surface area contributed by atoms with E-state index in [4.69, 9.17) is 5.73 Å². The van der Waals surface area contributed by atoms with Crippen molar-refractivity contribution in [2.24, 2.45) is 5.73 Å². The minimum atomic E-state index is -0.476. The molecule has 0 aromatic carbocycles. The lowest BCUT2D eigenvalue weighted by Crippen LogP contribution is -2.19. The summed E-state index contributed by atoms with van der Waals surface area (Å²) in [5.74, 6) is -0.464. The molecular formula is C18H19N5O2S3. The summed E-state index contributed by atoms with van der Waals surface area (Å²) in [5, 5.41) is 14.3. The lowest BCUT2D eigenvalue weighted by molar-refractivity contribution is -0.113. The molecule has 0 atom stereocenters. The molecule has 146 valence electrons. The number of hydrogen-bond donors (Lipinski definition) is 2. The van der Waals surface area contributed by atoms with Gasteiger partial charge in [-0.3, -0.25) is 9.59 Å². The number of carbonyl (C=O) groups is 2. The van der Waals surface area contributed by atoms with E-state index in [1.54, 1.807) is 17.7 Å². The average Bonchev–Trinajstić information content (AvgIpc) is 3.42. The largest absolute Gasteiger partial charge is 0.365 e. The smallest absolute Gasteiger partial charge is 0.251 e. The van der Waals surface area contributed by atoms with Crippen LogP contribution in [0.3, 0.4) is 0 Å². The van der Waals surface area contributed by atoms with Crippen LogP contribution >= 0.6 is 34.4 Å². The summed E-state index contributed by atoms with van der Waals surface area (Å²) in [6.45, 7) is 0.765. The second kappa shape index (κ2) is 8.46. The van der Waals surface area contributed by atoms with Gasteiger partial charge in [0.05, 0.1) is 11.3 Å². The fourth-order valence-corrected chi connectivity index (χ4v) is 5.99. The van der Waals surface area contributed by atoms with Gasteiger partial charge in [-0.15, -0.1) is 32.9 Å². The molecule has 0 radical (unpaired) electrons. The molecule has 3 aromatic rings. The Labute approximate surface area is 174 Å². The van der Waals surface area contributed by atoms with Gasteiger partial charge in [-0.25, -0.2) is 0 Å². The maximum atomic E-state index is 12.4. The van der Waals surface area contributed by atoms with E-state index in [1.807, 2.05) is 10.6 Å². The van der Waals surface area contributed by atoms with Gasteiger partial charge in [0, 0.05) is 16.3 Å². The zero-order valence-corrected chi connectivity index (χ0v) is 17.5. The zero-order chi connectivity index (χ0) is 19.5.